The van der Waals surface area contributed by atoms with Crippen LogP contribution in [0.4, 0.5) is 4.39 Å². The lowest BCUT2D eigenvalue weighted by Gasteiger charge is -2.07. The van der Waals surface area contributed by atoms with Crippen LogP contribution in [-0.2, 0) is 13.1 Å². The molecular formula is C14H18FN3. The highest BCUT2D eigenvalue weighted by Crippen LogP contribution is 2.12. The number of nitrogens with one attached hydrogen (secondary N) is 1. The van der Waals surface area contributed by atoms with Crippen molar-refractivity contribution in [2.75, 3.05) is 6.54 Å². The molecule has 0 atom stereocenters. The van der Waals surface area contributed by atoms with Gasteiger partial charge in [-0.1, -0.05) is 13.0 Å². The fourth-order valence-electron chi connectivity index (χ4n) is 1.86. The van der Waals surface area contributed by atoms with Gasteiger partial charge in [0.05, 0.1) is 12.7 Å². The highest BCUT2D eigenvalue weighted by atomic mass is 19.1. The van der Waals surface area contributed by atoms with Crippen molar-refractivity contribution in [3.63, 3.8) is 0 Å². The number of aryl methyl sites for hydroxylation is 1. The molecule has 1 N–H and O–H groups in total. The van der Waals surface area contributed by atoms with Gasteiger partial charge in [-0.15, -0.1) is 0 Å². The smallest absolute Gasteiger partial charge is 0.128 e. The largest absolute Gasteiger partial charge is 0.313 e. The zero-order chi connectivity index (χ0) is 13.0. The molecule has 0 aliphatic heterocycles. The molecule has 0 aliphatic carbocycles. The summed E-state index contributed by atoms with van der Waals surface area (Å²) in [6.07, 6.45) is 3.69. The second kappa shape index (κ2) is 5.78. The molecule has 2 aromatic rings. The first-order valence-corrected chi connectivity index (χ1v) is 6.16. The van der Waals surface area contributed by atoms with Gasteiger partial charge in [-0.25, -0.2) is 4.39 Å². The van der Waals surface area contributed by atoms with E-state index in [4.69, 9.17) is 0 Å². The van der Waals surface area contributed by atoms with Crippen LogP contribution in [0, 0.1) is 12.7 Å². The van der Waals surface area contributed by atoms with E-state index in [1.54, 1.807) is 10.9 Å². The molecule has 1 aromatic heterocycles. The molecule has 0 unspecified atom stereocenters. The second-order valence-corrected chi connectivity index (χ2v) is 4.42. The number of halogens is 1. The molecule has 4 heteroatoms. The van der Waals surface area contributed by atoms with Crippen LogP contribution in [0.2, 0.25) is 0 Å². The average molecular weight is 247 g/mol. The molecule has 3 nitrogen and oxygen atoms in total. The second-order valence-electron chi connectivity index (χ2n) is 4.42. The first-order chi connectivity index (χ1) is 8.69. The third-order valence-electron chi connectivity index (χ3n) is 2.78. The SMILES string of the molecule is CCNCc1ccc(F)c(Cn2cc(C)cn2)c1. The minimum absolute atomic E-state index is 0.177. The van der Waals surface area contributed by atoms with E-state index in [9.17, 15) is 4.39 Å². The summed E-state index contributed by atoms with van der Waals surface area (Å²) in [7, 11) is 0. The van der Waals surface area contributed by atoms with Gasteiger partial charge in [0.25, 0.3) is 0 Å². The number of rotatable bonds is 5. The van der Waals surface area contributed by atoms with Crippen LogP contribution in [0.25, 0.3) is 0 Å². The number of nitrogens with zero attached hydrogens (tertiary/aromatic N) is 2. The number of benzene rings is 1. The quantitative estimate of drug-likeness (QED) is 0.879. The molecule has 0 radical (unpaired) electrons. The molecule has 0 saturated carbocycles. The van der Waals surface area contributed by atoms with Gasteiger partial charge in [-0.2, -0.15) is 5.10 Å². The Morgan fingerprint density at radius 3 is 2.89 bits per heavy atom. The molecule has 18 heavy (non-hydrogen) atoms. The number of aromatic nitrogens is 2. The van der Waals surface area contributed by atoms with Crippen molar-refractivity contribution >= 4 is 0 Å². The molecule has 96 valence electrons. The highest BCUT2D eigenvalue weighted by Gasteiger charge is 2.05. The van der Waals surface area contributed by atoms with Gasteiger partial charge >= 0.3 is 0 Å². The third kappa shape index (κ3) is 3.17. The summed E-state index contributed by atoms with van der Waals surface area (Å²) in [4.78, 5) is 0. The van der Waals surface area contributed by atoms with Crippen molar-refractivity contribution in [3.8, 4) is 0 Å². The van der Waals surface area contributed by atoms with Crippen LogP contribution in [0.3, 0.4) is 0 Å². The van der Waals surface area contributed by atoms with E-state index in [2.05, 4.69) is 17.3 Å². The maximum Gasteiger partial charge on any atom is 0.128 e. The molecule has 0 fully saturated rings. The van der Waals surface area contributed by atoms with E-state index in [-0.39, 0.29) is 5.82 Å². The Bertz CT molecular complexity index is 520. The number of hydrogen-bond donors (Lipinski definition) is 1. The fraction of sp³-hybridized carbons (Fsp3) is 0.357. The molecule has 0 saturated heterocycles. The third-order valence-corrected chi connectivity index (χ3v) is 2.78. The predicted molar refractivity (Wildman–Crippen MR) is 69.8 cm³/mol. The van der Waals surface area contributed by atoms with Gasteiger partial charge in [-0.05, 0) is 36.7 Å². The van der Waals surface area contributed by atoms with Crippen LogP contribution in [-0.4, -0.2) is 16.3 Å². The van der Waals surface area contributed by atoms with Crippen molar-refractivity contribution in [1.29, 1.82) is 0 Å². The summed E-state index contributed by atoms with van der Waals surface area (Å²) >= 11 is 0. The van der Waals surface area contributed by atoms with E-state index in [1.807, 2.05) is 25.3 Å². The van der Waals surface area contributed by atoms with Crippen molar-refractivity contribution < 1.29 is 4.39 Å². The molecule has 0 spiro atoms. The van der Waals surface area contributed by atoms with Crippen molar-refractivity contribution in [1.82, 2.24) is 15.1 Å². The van der Waals surface area contributed by atoms with Crippen LogP contribution in [0.5, 0.6) is 0 Å². The van der Waals surface area contributed by atoms with E-state index >= 15 is 0 Å². The normalized spacial score (nSPS) is 10.8. The number of hydrogen-bond acceptors (Lipinski definition) is 2. The molecule has 0 aliphatic rings. The molecule has 1 aromatic carbocycles. The predicted octanol–water partition coefficient (Wildman–Crippen LogP) is 2.49. The Morgan fingerprint density at radius 1 is 1.39 bits per heavy atom. The van der Waals surface area contributed by atoms with Crippen molar-refractivity contribution in [2.45, 2.75) is 26.9 Å². The van der Waals surface area contributed by atoms with E-state index < -0.39 is 0 Å². The Morgan fingerprint density at radius 2 is 2.22 bits per heavy atom. The topological polar surface area (TPSA) is 29.9 Å². The Hall–Kier alpha value is -1.68. The summed E-state index contributed by atoms with van der Waals surface area (Å²) < 4.78 is 15.5. The van der Waals surface area contributed by atoms with Gasteiger partial charge in [0.1, 0.15) is 5.82 Å². The van der Waals surface area contributed by atoms with Gasteiger partial charge < -0.3 is 5.32 Å². The Kier molecular flexibility index (Phi) is 4.10. The van der Waals surface area contributed by atoms with Crippen LogP contribution < -0.4 is 5.32 Å². The molecule has 2 rings (SSSR count). The lowest BCUT2D eigenvalue weighted by Crippen LogP contribution is -2.12. The fourth-order valence-corrected chi connectivity index (χ4v) is 1.86. The Balaban J connectivity index is 2.15. The highest BCUT2D eigenvalue weighted by molar-refractivity contribution is 5.25. The molecule has 0 bridgehead atoms. The first-order valence-electron chi connectivity index (χ1n) is 6.16. The minimum Gasteiger partial charge on any atom is -0.313 e. The maximum absolute atomic E-state index is 13.7. The van der Waals surface area contributed by atoms with Crippen molar-refractivity contribution in [3.05, 3.63) is 53.1 Å². The standard InChI is InChI=1S/C14H18FN3/c1-3-16-8-12-4-5-14(15)13(6-12)10-18-9-11(2)7-17-18/h4-7,9,16H,3,8,10H2,1-2H3. The Labute approximate surface area is 107 Å². The molecular weight excluding hydrogens is 229 g/mol. The van der Waals surface area contributed by atoms with E-state index in [0.717, 1.165) is 24.2 Å². The van der Waals surface area contributed by atoms with Crippen LogP contribution in [0.15, 0.2) is 30.6 Å². The summed E-state index contributed by atoms with van der Waals surface area (Å²) in [6, 6.07) is 5.24. The lowest BCUT2D eigenvalue weighted by atomic mass is 10.1. The van der Waals surface area contributed by atoms with Gasteiger partial charge in [0.15, 0.2) is 0 Å². The summed E-state index contributed by atoms with van der Waals surface area (Å²) in [6.45, 7) is 6.17. The summed E-state index contributed by atoms with van der Waals surface area (Å²) in [5, 5.41) is 7.41. The first kappa shape index (κ1) is 12.8. The van der Waals surface area contributed by atoms with Gasteiger partial charge in [-0.3, -0.25) is 4.68 Å². The molecule has 1 heterocycles. The molecule has 0 amide bonds. The van der Waals surface area contributed by atoms with Crippen LogP contribution >= 0.6 is 0 Å². The van der Waals surface area contributed by atoms with Crippen molar-refractivity contribution in [2.24, 2.45) is 0 Å². The van der Waals surface area contributed by atoms with Gasteiger partial charge in [0.2, 0.25) is 0 Å². The van der Waals surface area contributed by atoms with Crippen LogP contribution in [0.1, 0.15) is 23.6 Å². The zero-order valence-electron chi connectivity index (χ0n) is 10.8. The average Bonchev–Trinajstić information content (AvgIpc) is 2.76. The minimum atomic E-state index is -0.177. The zero-order valence-corrected chi connectivity index (χ0v) is 10.8. The monoisotopic (exact) mass is 247 g/mol. The van der Waals surface area contributed by atoms with Gasteiger partial charge in [0, 0.05) is 18.3 Å². The van der Waals surface area contributed by atoms with E-state index in [0.29, 0.717) is 12.1 Å². The van der Waals surface area contributed by atoms with E-state index in [1.165, 1.54) is 6.07 Å². The summed E-state index contributed by atoms with van der Waals surface area (Å²) in [5.74, 6) is -0.177. The lowest BCUT2D eigenvalue weighted by molar-refractivity contribution is 0.583. The maximum atomic E-state index is 13.7. The summed E-state index contributed by atoms with van der Waals surface area (Å²) in [5.41, 5.74) is 2.85.